The van der Waals surface area contributed by atoms with E-state index in [1.807, 2.05) is 17.0 Å². The van der Waals surface area contributed by atoms with E-state index < -0.39 is 5.82 Å². The van der Waals surface area contributed by atoms with Crippen LogP contribution in [0, 0.1) is 10.7 Å². The fourth-order valence-corrected chi connectivity index (χ4v) is 4.93. The molecule has 5 rings (SSSR count). The summed E-state index contributed by atoms with van der Waals surface area (Å²) in [6.07, 6.45) is 3.65. The number of fused-ring (bicyclic) bond motifs is 3. The van der Waals surface area contributed by atoms with Gasteiger partial charge in [-0.15, -0.1) is 11.5 Å². The van der Waals surface area contributed by atoms with Gasteiger partial charge in [0.25, 0.3) is 5.56 Å². The molecule has 1 aromatic heterocycles. The van der Waals surface area contributed by atoms with Gasteiger partial charge in [0.2, 0.25) is 0 Å². The summed E-state index contributed by atoms with van der Waals surface area (Å²) in [5, 5.41) is 7.24. The topological polar surface area (TPSA) is 80.8 Å². The standard InChI is InChI=1S/C25H26FN5O2/c1-2-18-15-31(23-8-6-17(29-33)13-21(23)26)11-10-30(18)14-16-5-7-19-22(12-16)28-25(32)20-4-3-9-27-24(19)20/h2,5-8,12-13,18,27H,1,3-4,9-11,14-15H2,(H,28,32)/t18-/m0/s1. The largest absolute Gasteiger partial charge is 0.384 e. The molecular weight excluding hydrogens is 421 g/mol. The first-order valence-corrected chi connectivity index (χ1v) is 11.2. The monoisotopic (exact) mass is 447 g/mol. The average Bonchev–Trinajstić information content (AvgIpc) is 2.84. The Morgan fingerprint density at radius 3 is 2.88 bits per heavy atom. The number of rotatable bonds is 5. The molecule has 33 heavy (non-hydrogen) atoms. The number of pyridine rings is 1. The maximum Gasteiger partial charge on any atom is 0.253 e. The van der Waals surface area contributed by atoms with Crippen LogP contribution in [0.5, 0.6) is 0 Å². The quantitative estimate of drug-likeness (QED) is 0.450. The molecule has 0 radical (unpaired) electrons. The van der Waals surface area contributed by atoms with Crippen LogP contribution in [-0.2, 0) is 13.0 Å². The van der Waals surface area contributed by atoms with E-state index in [1.165, 1.54) is 12.1 Å². The summed E-state index contributed by atoms with van der Waals surface area (Å²) in [6.45, 7) is 7.54. The van der Waals surface area contributed by atoms with E-state index in [1.54, 1.807) is 6.07 Å². The van der Waals surface area contributed by atoms with Crippen molar-refractivity contribution < 1.29 is 4.39 Å². The molecule has 8 heteroatoms. The van der Waals surface area contributed by atoms with Crippen LogP contribution in [0.4, 0.5) is 21.5 Å². The minimum atomic E-state index is -0.446. The van der Waals surface area contributed by atoms with Gasteiger partial charge in [-0.25, -0.2) is 4.39 Å². The third-order valence-corrected chi connectivity index (χ3v) is 6.65. The zero-order valence-electron chi connectivity index (χ0n) is 18.3. The first-order chi connectivity index (χ1) is 16.1. The number of piperazine rings is 1. The lowest BCUT2D eigenvalue weighted by atomic mass is 10.00. The number of benzene rings is 2. The van der Waals surface area contributed by atoms with Gasteiger partial charge >= 0.3 is 0 Å². The highest BCUT2D eigenvalue weighted by molar-refractivity contribution is 5.93. The van der Waals surface area contributed by atoms with Crippen molar-refractivity contribution in [3.63, 3.8) is 0 Å². The fourth-order valence-electron chi connectivity index (χ4n) is 4.93. The Labute approximate surface area is 190 Å². The molecule has 0 saturated carbocycles. The molecule has 1 saturated heterocycles. The molecule has 2 aliphatic rings. The van der Waals surface area contributed by atoms with Crippen molar-refractivity contribution in [2.45, 2.75) is 25.4 Å². The highest BCUT2D eigenvalue weighted by Crippen LogP contribution is 2.30. The number of nitrogens with zero attached hydrogens (tertiary/aromatic N) is 3. The van der Waals surface area contributed by atoms with Crippen LogP contribution in [0.3, 0.4) is 0 Å². The molecule has 0 spiro atoms. The normalized spacial score (nSPS) is 18.6. The summed E-state index contributed by atoms with van der Waals surface area (Å²) < 4.78 is 14.5. The van der Waals surface area contributed by atoms with Gasteiger partial charge in [-0.1, -0.05) is 18.2 Å². The van der Waals surface area contributed by atoms with Crippen LogP contribution in [0.25, 0.3) is 10.9 Å². The second-order valence-corrected chi connectivity index (χ2v) is 8.66. The number of halogens is 1. The predicted octanol–water partition coefficient (Wildman–Crippen LogP) is 4.30. The Balaban J connectivity index is 1.36. The van der Waals surface area contributed by atoms with Crippen LogP contribution in [0.15, 0.2) is 59.0 Å². The van der Waals surface area contributed by atoms with E-state index in [-0.39, 0.29) is 17.3 Å². The molecule has 0 amide bonds. The van der Waals surface area contributed by atoms with Crippen LogP contribution < -0.4 is 15.8 Å². The van der Waals surface area contributed by atoms with E-state index in [0.717, 1.165) is 53.6 Å². The lowest BCUT2D eigenvalue weighted by Gasteiger charge is -2.41. The van der Waals surface area contributed by atoms with Crippen molar-refractivity contribution in [2.75, 3.05) is 36.4 Å². The van der Waals surface area contributed by atoms with E-state index in [2.05, 4.69) is 39.1 Å². The van der Waals surface area contributed by atoms with Gasteiger partial charge in [-0.05, 0) is 41.8 Å². The molecule has 2 aliphatic heterocycles. The van der Waals surface area contributed by atoms with Crippen LogP contribution in [0.1, 0.15) is 17.5 Å². The number of aromatic amines is 1. The Bertz CT molecular complexity index is 1290. The maximum atomic E-state index is 14.5. The second kappa shape index (κ2) is 8.78. The minimum absolute atomic E-state index is 0.0164. The van der Waals surface area contributed by atoms with Crippen molar-refractivity contribution in [2.24, 2.45) is 5.18 Å². The van der Waals surface area contributed by atoms with Crippen molar-refractivity contribution >= 4 is 28.0 Å². The van der Waals surface area contributed by atoms with E-state index in [0.29, 0.717) is 25.3 Å². The molecule has 3 aromatic rings. The van der Waals surface area contributed by atoms with Gasteiger partial charge < -0.3 is 15.2 Å². The lowest BCUT2D eigenvalue weighted by Crippen LogP contribution is -2.52. The molecule has 2 N–H and O–H groups in total. The molecule has 1 fully saturated rings. The predicted molar refractivity (Wildman–Crippen MR) is 130 cm³/mol. The zero-order chi connectivity index (χ0) is 22.9. The molecule has 3 heterocycles. The lowest BCUT2D eigenvalue weighted by molar-refractivity contribution is 0.200. The molecule has 0 unspecified atom stereocenters. The summed E-state index contributed by atoms with van der Waals surface area (Å²) in [5.41, 5.74) is 4.27. The molecule has 2 aromatic carbocycles. The summed E-state index contributed by atoms with van der Waals surface area (Å²) in [7, 11) is 0. The Morgan fingerprint density at radius 2 is 2.09 bits per heavy atom. The van der Waals surface area contributed by atoms with Gasteiger partial charge in [-0.3, -0.25) is 9.69 Å². The number of nitroso groups, excluding NO2 is 1. The zero-order valence-corrected chi connectivity index (χ0v) is 18.3. The van der Waals surface area contributed by atoms with Crippen molar-refractivity contribution in [1.29, 1.82) is 0 Å². The summed E-state index contributed by atoms with van der Waals surface area (Å²) in [6, 6.07) is 10.6. The van der Waals surface area contributed by atoms with Crippen molar-refractivity contribution in [3.8, 4) is 0 Å². The Hall–Kier alpha value is -3.52. The first kappa shape index (κ1) is 21.3. The Morgan fingerprint density at radius 1 is 1.21 bits per heavy atom. The first-order valence-electron chi connectivity index (χ1n) is 11.2. The van der Waals surface area contributed by atoms with Crippen molar-refractivity contribution in [3.05, 3.63) is 81.3 Å². The van der Waals surface area contributed by atoms with E-state index in [9.17, 15) is 14.1 Å². The molecule has 170 valence electrons. The van der Waals surface area contributed by atoms with Gasteiger partial charge in [0.1, 0.15) is 11.5 Å². The number of anilines is 2. The molecule has 0 aliphatic carbocycles. The second-order valence-electron chi connectivity index (χ2n) is 8.66. The molecule has 7 nitrogen and oxygen atoms in total. The van der Waals surface area contributed by atoms with Crippen LogP contribution in [0.2, 0.25) is 0 Å². The number of H-pyrrole nitrogens is 1. The van der Waals surface area contributed by atoms with Gasteiger partial charge in [0.05, 0.1) is 16.9 Å². The number of hydrogen-bond acceptors (Lipinski definition) is 6. The average molecular weight is 448 g/mol. The number of aromatic nitrogens is 1. The van der Waals surface area contributed by atoms with Gasteiger partial charge in [0.15, 0.2) is 0 Å². The third kappa shape index (κ3) is 4.02. The van der Waals surface area contributed by atoms with Gasteiger partial charge in [0, 0.05) is 55.8 Å². The third-order valence-electron chi connectivity index (χ3n) is 6.65. The highest BCUT2D eigenvalue weighted by atomic mass is 19.1. The SMILES string of the molecule is C=C[C@H]1CN(c2ccc(N=O)cc2F)CCN1Cc1ccc2c3c(c(=O)[nH]c2c1)CCCN3. The minimum Gasteiger partial charge on any atom is -0.384 e. The van der Waals surface area contributed by atoms with Crippen molar-refractivity contribution in [1.82, 2.24) is 9.88 Å². The molecular formula is C25H26FN5O2. The number of hydrogen-bond donors (Lipinski definition) is 2. The summed E-state index contributed by atoms with van der Waals surface area (Å²) in [5.74, 6) is -0.446. The Kier molecular flexibility index (Phi) is 5.68. The maximum absolute atomic E-state index is 14.5. The smallest absolute Gasteiger partial charge is 0.253 e. The summed E-state index contributed by atoms with van der Waals surface area (Å²) >= 11 is 0. The van der Waals surface area contributed by atoms with Gasteiger partial charge in [-0.2, -0.15) is 0 Å². The molecule has 1 atom stereocenters. The van der Waals surface area contributed by atoms with E-state index in [4.69, 9.17) is 0 Å². The van der Waals surface area contributed by atoms with Crippen LogP contribution >= 0.6 is 0 Å². The van der Waals surface area contributed by atoms with E-state index >= 15 is 0 Å². The highest BCUT2D eigenvalue weighted by Gasteiger charge is 2.27. The summed E-state index contributed by atoms with van der Waals surface area (Å²) in [4.78, 5) is 30.5. The number of nitrogens with one attached hydrogen (secondary N) is 2. The fraction of sp³-hybridized carbons (Fsp3) is 0.320. The molecule has 0 bridgehead atoms. The van der Waals surface area contributed by atoms with Crippen LogP contribution in [-0.4, -0.2) is 42.1 Å².